The molecule has 0 saturated carbocycles. The molecule has 22 heavy (non-hydrogen) atoms. The van der Waals surface area contributed by atoms with Gasteiger partial charge in [0.1, 0.15) is 0 Å². The summed E-state index contributed by atoms with van der Waals surface area (Å²) in [6, 6.07) is 0.520. The molecule has 2 aliphatic heterocycles. The number of urea groups is 1. The lowest BCUT2D eigenvalue weighted by Crippen LogP contribution is -2.51. The molecule has 0 aromatic rings. The highest BCUT2D eigenvalue weighted by Gasteiger charge is 2.33. The van der Waals surface area contributed by atoms with Gasteiger partial charge in [0.15, 0.2) is 9.84 Å². The highest BCUT2D eigenvalue weighted by Crippen LogP contribution is 2.19. The Balaban J connectivity index is 1.79. The highest BCUT2D eigenvalue weighted by atomic mass is 32.2. The molecule has 0 bridgehead atoms. The number of rotatable bonds is 4. The summed E-state index contributed by atoms with van der Waals surface area (Å²) in [5.41, 5.74) is 0. The largest absolute Gasteiger partial charge is 0.336 e. The second-order valence-electron chi connectivity index (χ2n) is 6.79. The van der Waals surface area contributed by atoms with Crippen LogP contribution in [-0.4, -0.2) is 74.0 Å². The Kier molecular flexibility index (Phi) is 5.71. The van der Waals surface area contributed by atoms with Gasteiger partial charge < -0.3 is 10.2 Å². The topological polar surface area (TPSA) is 69.7 Å². The van der Waals surface area contributed by atoms with E-state index in [1.807, 2.05) is 0 Å². The summed E-state index contributed by atoms with van der Waals surface area (Å²) in [5.74, 6) is 0.284. The minimum absolute atomic E-state index is 0.0929. The van der Waals surface area contributed by atoms with E-state index in [1.54, 1.807) is 11.9 Å². The maximum atomic E-state index is 12.2. The lowest BCUT2D eigenvalue weighted by Gasteiger charge is -2.38. The fourth-order valence-electron chi connectivity index (χ4n) is 3.50. The Labute approximate surface area is 134 Å². The maximum absolute atomic E-state index is 12.2. The van der Waals surface area contributed by atoms with Crippen molar-refractivity contribution in [3.63, 3.8) is 0 Å². The summed E-state index contributed by atoms with van der Waals surface area (Å²) in [5, 5.41) is 2.95. The number of nitrogens with one attached hydrogen (secondary N) is 1. The first-order valence-electron chi connectivity index (χ1n) is 8.27. The van der Waals surface area contributed by atoms with Crippen LogP contribution in [0.25, 0.3) is 0 Å². The van der Waals surface area contributed by atoms with E-state index < -0.39 is 9.84 Å². The number of carbonyl (C=O) groups is 1. The van der Waals surface area contributed by atoms with Crippen molar-refractivity contribution in [3.05, 3.63) is 0 Å². The Hall–Kier alpha value is -0.820. The Morgan fingerprint density at radius 2 is 2.09 bits per heavy atom. The molecule has 0 aromatic heterocycles. The predicted octanol–water partition coefficient (Wildman–Crippen LogP) is 1.08. The number of piperidine rings is 1. The standard InChI is InChI=1S/C15H29N3O3S/c1-12-6-4-5-8-18(12)13(2)10-16-15(19)17(3)14-7-9-22(20,21)11-14/h12-14H,4-11H2,1-3H3,(H,16,19). The van der Waals surface area contributed by atoms with Crippen molar-refractivity contribution in [1.29, 1.82) is 0 Å². The summed E-state index contributed by atoms with van der Waals surface area (Å²) < 4.78 is 23.0. The molecule has 2 fully saturated rings. The van der Waals surface area contributed by atoms with Gasteiger partial charge in [-0.25, -0.2) is 13.2 Å². The van der Waals surface area contributed by atoms with Crippen LogP contribution in [0.15, 0.2) is 0 Å². The molecule has 2 heterocycles. The van der Waals surface area contributed by atoms with E-state index in [2.05, 4.69) is 24.1 Å². The minimum Gasteiger partial charge on any atom is -0.336 e. The molecule has 1 N–H and O–H groups in total. The molecule has 0 spiro atoms. The van der Waals surface area contributed by atoms with Crippen LogP contribution in [0.1, 0.15) is 39.5 Å². The monoisotopic (exact) mass is 331 g/mol. The van der Waals surface area contributed by atoms with Crippen LogP contribution < -0.4 is 5.32 Å². The molecule has 7 heteroatoms. The molecule has 2 saturated heterocycles. The van der Waals surface area contributed by atoms with Crippen molar-refractivity contribution in [2.45, 2.75) is 57.7 Å². The molecular weight excluding hydrogens is 302 g/mol. The van der Waals surface area contributed by atoms with Crippen LogP contribution in [0.4, 0.5) is 4.79 Å². The minimum atomic E-state index is -2.96. The predicted molar refractivity (Wildman–Crippen MR) is 87.7 cm³/mol. The van der Waals surface area contributed by atoms with E-state index in [-0.39, 0.29) is 23.6 Å². The molecule has 3 atom stereocenters. The number of nitrogens with zero attached hydrogens (tertiary/aromatic N) is 2. The van der Waals surface area contributed by atoms with E-state index >= 15 is 0 Å². The third-order valence-corrected chi connectivity index (χ3v) is 6.80. The number of hydrogen-bond donors (Lipinski definition) is 1. The van der Waals surface area contributed by atoms with Gasteiger partial charge in [-0.3, -0.25) is 4.90 Å². The van der Waals surface area contributed by atoms with Gasteiger partial charge in [0.25, 0.3) is 0 Å². The Morgan fingerprint density at radius 1 is 1.36 bits per heavy atom. The van der Waals surface area contributed by atoms with Gasteiger partial charge in [0.05, 0.1) is 11.5 Å². The van der Waals surface area contributed by atoms with Crippen molar-refractivity contribution in [3.8, 4) is 0 Å². The second kappa shape index (κ2) is 7.17. The summed E-state index contributed by atoms with van der Waals surface area (Å²) in [4.78, 5) is 16.2. The highest BCUT2D eigenvalue weighted by molar-refractivity contribution is 7.91. The van der Waals surface area contributed by atoms with Crippen LogP contribution in [0.2, 0.25) is 0 Å². The fourth-order valence-corrected chi connectivity index (χ4v) is 5.27. The zero-order valence-electron chi connectivity index (χ0n) is 13.9. The van der Waals surface area contributed by atoms with Crippen LogP contribution >= 0.6 is 0 Å². The van der Waals surface area contributed by atoms with Gasteiger partial charge in [-0.15, -0.1) is 0 Å². The molecule has 0 radical (unpaired) electrons. The molecular formula is C15H29N3O3S. The molecule has 6 nitrogen and oxygen atoms in total. The summed E-state index contributed by atoms with van der Waals surface area (Å²) >= 11 is 0. The quantitative estimate of drug-likeness (QED) is 0.837. The smallest absolute Gasteiger partial charge is 0.317 e. The Bertz CT molecular complexity index is 494. The van der Waals surface area contributed by atoms with E-state index in [9.17, 15) is 13.2 Å². The molecule has 0 aromatic carbocycles. The fraction of sp³-hybridized carbons (Fsp3) is 0.933. The molecule has 128 valence electrons. The van der Waals surface area contributed by atoms with Crippen molar-refractivity contribution in [1.82, 2.24) is 15.1 Å². The van der Waals surface area contributed by atoms with Crippen LogP contribution in [0, 0.1) is 0 Å². The lowest BCUT2D eigenvalue weighted by molar-refractivity contribution is 0.112. The lowest BCUT2D eigenvalue weighted by atomic mass is 10.0. The summed E-state index contributed by atoms with van der Waals surface area (Å²) in [6.45, 7) is 6.08. The second-order valence-corrected chi connectivity index (χ2v) is 9.01. The number of carbonyl (C=O) groups excluding carboxylic acids is 1. The van der Waals surface area contributed by atoms with Gasteiger partial charge in [-0.2, -0.15) is 0 Å². The van der Waals surface area contributed by atoms with Gasteiger partial charge in [-0.1, -0.05) is 6.42 Å². The van der Waals surface area contributed by atoms with E-state index in [0.29, 0.717) is 25.0 Å². The molecule has 0 aliphatic carbocycles. The average molecular weight is 331 g/mol. The molecule has 2 rings (SSSR count). The number of sulfone groups is 1. The van der Waals surface area contributed by atoms with Crippen molar-refractivity contribution in [2.75, 3.05) is 31.6 Å². The normalized spacial score (nSPS) is 30.0. The van der Waals surface area contributed by atoms with Crippen LogP contribution in [-0.2, 0) is 9.84 Å². The Morgan fingerprint density at radius 3 is 2.68 bits per heavy atom. The molecule has 2 aliphatic rings. The summed E-state index contributed by atoms with van der Waals surface area (Å²) in [7, 11) is -1.27. The number of likely N-dealkylation sites (tertiary alicyclic amines) is 1. The van der Waals surface area contributed by atoms with E-state index in [4.69, 9.17) is 0 Å². The van der Waals surface area contributed by atoms with E-state index in [1.165, 1.54) is 19.3 Å². The first kappa shape index (κ1) is 17.5. The van der Waals surface area contributed by atoms with Gasteiger partial charge in [0, 0.05) is 31.7 Å². The number of amides is 2. The van der Waals surface area contributed by atoms with Gasteiger partial charge in [0.2, 0.25) is 0 Å². The number of hydrogen-bond acceptors (Lipinski definition) is 4. The van der Waals surface area contributed by atoms with E-state index in [0.717, 1.165) is 6.54 Å². The third kappa shape index (κ3) is 4.35. The van der Waals surface area contributed by atoms with Crippen molar-refractivity contribution >= 4 is 15.9 Å². The first-order chi connectivity index (χ1) is 10.3. The zero-order valence-corrected chi connectivity index (χ0v) is 14.7. The van der Waals surface area contributed by atoms with Gasteiger partial charge in [-0.05, 0) is 39.7 Å². The molecule has 2 amide bonds. The maximum Gasteiger partial charge on any atom is 0.317 e. The van der Waals surface area contributed by atoms with Crippen LogP contribution in [0.3, 0.4) is 0 Å². The summed E-state index contributed by atoms with van der Waals surface area (Å²) in [6.07, 6.45) is 4.28. The zero-order chi connectivity index (χ0) is 16.3. The van der Waals surface area contributed by atoms with Gasteiger partial charge >= 0.3 is 6.03 Å². The first-order valence-corrected chi connectivity index (χ1v) is 10.1. The van der Waals surface area contributed by atoms with Crippen molar-refractivity contribution < 1.29 is 13.2 Å². The van der Waals surface area contributed by atoms with Crippen molar-refractivity contribution in [2.24, 2.45) is 0 Å². The third-order valence-electron chi connectivity index (χ3n) is 5.05. The van der Waals surface area contributed by atoms with Crippen LogP contribution in [0.5, 0.6) is 0 Å². The average Bonchev–Trinajstić information content (AvgIpc) is 2.84. The molecule has 3 unspecified atom stereocenters. The SMILES string of the molecule is CC1CCCCN1C(C)CNC(=O)N(C)C1CCS(=O)(=O)C1.